The molecule has 1 heterocycles. The molecule has 1 amide bonds. The molecule has 27 heavy (non-hydrogen) atoms. The molecule has 0 fully saturated rings. The zero-order valence-electron chi connectivity index (χ0n) is 15.0. The minimum atomic E-state index is -0.532. The van der Waals surface area contributed by atoms with Crippen LogP contribution in [0.15, 0.2) is 70.7 Å². The molecule has 5 nitrogen and oxygen atoms in total. The molecule has 0 aliphatic heterocycles. The van der Waals surface area contributed by atoms with Crippen molar-refractivity contribution in [1.29, 1.82) is 5.26 Å². The maximum absolute atomic E-state index is 12.4. The van der Waals surface area contributed by atoms with Crippen LogP contribution in [-0.2, 0) is 4.79 Å². The summed E-state index contributed by atoms with van der Waals surface area (Å²) < 4.78 is 11.0. The van der Waals surface area contributed by atoms with E-state index < -0.39 is 5.91 Å². The van der Waals surface area contributed by atoms with E-state index in [0.29, 0.717) is 23.0 Å². The molecule has 3 rings (SSSR count). The van der Waals surface area contributed by atoms with Crippen LogP contribution in [0.2, 0.25) is 0 Å². The van der Waals surface area contributed by atoms with Gasteiger partial charge >= 0.3 is 0 Å². The third kappa shape index (κ3) is 4.25. The number of methoxy groups -OCH3 is 1. The van der Waals surface area contributed by atoms with E-state index in [-0.39, 0.29) is 5.57 Å². The lowest BCUT2D eigenvalue weighted by Gasteiger charge is -2.08. The summed E-state index contributed by atoms with van der Waals surface area (Å²) in [5, 5.41) is 12.0. The lowest BCUT2D eigenvalue weighted by Crippen LogP contribution is -2.14. The number of carbonyl (C=O) groups is 1. The Labute approximate surface area is 157 Å². The van der Waals surface area contributed by atoms with E-state index in [2.05, 4.69) is 5.32 Å². The van der Waals surface area contributed by atoms with Gasteiger partial charge in [-0.2, -0.15) is 5.26 Å². The average Bonchev–Trinajstić information content (AvgIpc) is 3.15. The fourth-order valence-corrected chi connectivity index (χ4v) is 2.53. The minimum absolute atomic E-state index is 0.0642. The summed E-state index contributed by atoms with van der Waals surface area (Å²) in [6.45, 7) is 2.01. The Morgan fingerprint density at radius 3 is 2.56 bits per heavy atom. The number of aryl methyl sites for hydroxylation is 1. The van der Waals surface area contributed by atoms with Gasteiger partial charge in [-0.05, 0) is 31.2 Å². The Bertz CT molecular complexity index is 1020. The Kier molecular flexibility index (Phi) is 5.38. The van der Waals surface area contributed by atoms with Gasteiger partial charge in [0.1, 0.15) is 28.9 Å². The van der Waals surface area contributed by atoms with Crippen molar-refractivity contribution in [2.45, 2.75) is 6.92 Å². The van der Waals surface area contributed by atoms with Gasteiger partial charge in [-0.1, -0.05) is 42.0 Å². The molecule has 0 saturated heterocycles. The third-order valence-electron chi connectivity index (χ3n) is 3.97. The second kappa shape index (κ2) is 8.07. The van der Waals surface area contributed by atoms with E-state index in [1.807, 2.05) is 43.3 Å². The van der Waals surface area contributed by atoms with Crippen LogP contribution in [0.3, 0.4) is 0 Å². The van der Waals surface area contributed by atoms with Crippen LogP contribution in [-0.4, -0.2) is 13.0 Å². The van der Waals surface area contributed by atoms with Crippen LogP contribution in [0, 0.1) is 18.3 Å². The number of rotatable bonds is 5. The molecule has 0 spiro atoms. The number of furan rings is 1. The van der Waals surface area contributed by atoms with Crippen LogP contribution >= 0.6 is 0 Å². The Morgan fingerprint density at radius 1 is 1.11 bits per heavy atom. The van der Waals surface area contributed by atoms with Crippen molar-refractivity contribution >= 4 is 17.7 Å². The molecule has 0 aliphatic carbocycles. The highest BCUT2D eigenvalue weighted by Gasteiger charge is 2.13. The van der Waals surface area contributed by atoms with E-state index in [9.17, 15) is 10.1 Å². The molecule has 1 N–H and O–H groups in total. The van der Waals surface area contributed by atoms with E-state index in [4.69, 9.17) is 9.15 Å². The summed E-state index contributed by atoms with van der Waals surface area (Å²) in [7, 11) is 1.52. The largest absolute Gasteiger partial charge is 0.495 e. The highest BCUT2D eigenvalue weighted by atomic mass is 16.5. The molecule has 0 radical (unpaired) electrons. The lowest BCUT2D eigenvalue weighted by molar-refractivity contribution is -0.112. The number of anilines is 1. The smallest absolute Gasteiger partial charge is 0.266 e. The minimum Gasteiger partial charge on any atom is -0.495 e. The number of benzene rings is 2. The predicted octanol–water partition coefficient (Wildman–Crippen LogP) is 4.81. The van der Waals surface area contributed by atoms with Gasteiger partial charge in [-0.15, -0.1) is 0 Å². The lowest BCUT2D eigenvalue weighted by atomic mass is 10.1. The number of nitriles is 1. The second-order valence-corrected chi connectivity index (χ2v) is 5.89. The molecular formula is C22H18N2O3. The molecule has 0 unspecified atom stereocenters. The summed E-state index contributed by atoms with van der Waals surface area (Å²) in [4.78, 5) is 12.4. The van der Waals surface area contributed by atoms with Crippen LogP contribution in [0.5, 0.6) is 5.75 Å². The van der Waals surface area contributed by atoms with Crippen molar-refractivity contribution < 1.29 is 13.9 Å². The first kappa shape index (κ1) is 18.0. The van der Waals surface area contributed by atoms with Gasteiger partial charge in [-0.3, -0.25) is 4.79 Å². The molecule has 134 valence electrons. The maximum atomic E-state index is 12.4. The number of ether oxygens (including phenoxy) is 1. The zero-order valence-corrected chi connectivity index (χ0v) is 15.0. The van der Waals surface area contributed by atoms with Crippen LogP contribution in [0.4, 0.5) is 5.69 Å². The highest BCUT2D eigenvalue weighted by Crippen LogP contribution is 2.25. The number of para-hydroxylation sites is 2. The Hall–Kier alpha value is -3.78. The first-order chi connectivity index (χ1) is 13.1. The van der Waals surface area contributed by atoms with Crippen LogP contribution in [0.25, 0.3) is 17.4 Å². The first-order valence-electron chi connectivity index (χ1n) is 8.34. The topological polar surface area (TPSA) is 75.3 Å². The molecule has 3 aromatic rings. The van der Waals surface area contributed by atoms with Gasteiger partial charge in [-0.25, -0.2) is 0 Å². The quantitative estimate of drug-likeness (QED) is 0.525. The normalized spacial score (nSPS) is 10.9. The van der Waals surface area contributed by atoms with Crippen molar-refractivity contribution in [2.75, 3.05) is 12.4 Å². The molecule has 1 aromatic heterocycles. The number of nitrogens with one attached hydrogen (secondary N) is 1. The number of hydrogen-bond donors (Lipinski definition) is 1. The van der Waals surface area contributed by atoms with Gasteiger partial charge in [0.2, 0.25) is 0 Å². The van der Waals surface area contributed by atoms with Crippen molar-refractivity contribution in [3.8, 4) is 23.1 Å². The number of amides is 1. The van der Waals surface area contributed by atoms with Gasteiger partial charge in [0.05, 0.1) is 12.8 Å². The van der Waals surface area contributed by atoms with E-state index in [0.717, 1.165) is 11.1 Å². The second-order valence-electron chi connectivity index (χ2n) is 5.89. The Morgan fingerprint density at radius 2 is 1.85 bits per heavy atom. The monoisotopic (exact) mass is 358 g/mol. The molecule has 0 bridgehead atoms. The molecule has 0 atom stereocenters. The Balaban J connectivity index is 1.81. The standard InChI is InChI=1S/C22H18N2O3/c1-15-7-9-16(10-8-15)20-12-11-18(27-20)13-17(14-23)22(25)24-19-5-3-4-6-21(19)26-2/h3-13H,1-2H3,(H,24,25)/b17-13+. The fraction of sp³-hybridized carbons (Fsp3) is 0.0909. The SMILES string of the molecule is COc1ccccc1NC(=O)/C(C#N)=C/c1ccc(-c2ccc(C)cc2)o1. The van der Waals surface area contributed by atoms with E-state index >= 15 is 0 Å². The number of carbonyl (C=O) groups excluding carboxylic acids is 1. The van der Waals surface area contributed by atoms with Gasteiger partial charge in [0.15, 0.2) is 0 Å². The van der Waals surface area contributed by atoms with Crippen molar-refractivity contribution in [3.63, 3.8) is 0 Å². The third-order valence-corrected chi connectivity index (χ3v) is 3.97. The van der Waals surface area contributed by atoms with Gasteiger partial charge in [0, 0.05) is 11.6 Å². The van der Waals surface area contributed by atoms with Gasteiger partial charge < -0.3 is 14.5 Å². The molecule has 0 aliphatic rings. The first-order valence-corrected chi connectivity index (χ1v) is 8.34. The summed E-state index contributed by atoms with van der Waals surface area (Å²) in [5.74, 6) is 1.08. The zero-order chi connectivity index (χ0) is 19.2. The van der Waals surface area contributed by atoms with Crippen LogP contribution in [0.1, 0.15) is 11.3 Å². The van der Waals surface area contributed by atoms with Crippen molar-refractivity contribution in [3.05, 3.63) is 77.6 Å². The molecule has 2 aromatic carbocycles. The van der Waals surface area contributed by atoms with E-state index in [1.165, 1.54) is 13.2 Å². The summed E-state index contributed by atoms with van der Waals surface area (Å²) >= 11 is 0. The van der Waals surface area contributed by atoms with Crippen molar-refractivity contribution in [1.82, 2.24) is 0 Å². The van der Waals surface area contributed by atoms with Crippen LogP contribution < -0.4 is 10.1 Å². The maximum Gasteiger partial charge on any atom is 0.266 e. The van der Waals surface area contributed by atoms with Gasteiger partial charge in [0.25, 0.3) is 5.91 Å². The molecular weight excluding hydrogens is 340 g/mol. The number of nitrogens with zero attached hydrogens (tertiary/aromatic N) is 1. The highest BCUT2D eigenvalue weighted by molar-refractivity contribution is 6.10. The number of hydrogen-bond acceptors (Lipinski definition) is 4. The summed E-state index contributed by atoms with van der Waals surface area (Å²) in [6.07, 6.45) is 1.42. The molecule has 5 heteroatoms. The average molecular weight is 358 g/mol. The molecule has 0 saturated carbocycles. The summed E-state index contributed by atoms with van der Waals surface area (Å²) in [5.41, 5.74) is 2.51. The predicted molar refractivity (Wildman–Crippen MR) is 104 cm³/mol. The van der Waals surface area contributed by atoms with Crippen molar-refractivity contribution in [2.24, 2.45) is 0 Å². The fourth-order valence-electron chi connectivity index (χ4n) is 2.53. The van der Waals surface area contributed by atoms with E-state index in [1.54, 1.807) is 30.3 Å². The summed E-state index contributed by atoms with van der Waals surface area (Å²) in [6, 6.07) is 20.4.